The van der Waals surface area contributed by atoms with E-state index in [1.807, 2.05) is 0 Å². The molecule has 1 atom stereocenters. The van der Waals surface area contributed by atoms with E-state index in [2.05, 4.69) is 15.7 Å². The van der Waals surface area contributed by atoms with Gasteiger partial charge in [0.25, 0.3) is 5.91 Å². The molecule has 0 radical (unpaired) electrons. The Balaban J connectivity index is 2.02. The minimum absolute atomic E-state index is 0.0466. The van der Waals surface area contributed by atoms with E-state index >= 15 is 0 Å². The first-order chi connectivity index (χ1) is 6.84. The Morgan fingerprint density at radius 3 is 3.43 bits per heavy atom. The molecule has 1 fully saturated rings. The van der Waals surface area contributed by atoms with Gasteiger partial charge in [0.05, 0.1) is 17.5 Å². The molecule has 5 heteroatoms. The van der Waals surface area contributed by atoms with Gasteiger partial charge in [-0.2, -0.15) is 15.7 Å². The van der Waals surface area contributed by atoms with Gasteiger partial charge in [-0.1, -0.05) is 0 Å². The highest BCUT2D eigenvalue weighted by molar-refractivity contribution is 6.19. The molecule has 1 N–H and O–H groups in total. The van der Waals surface area contributed by atoms with Crippen molar-refractivity contribution in [3.05, 3.63) is 11.3 Å². The molecule has 0 bridgehead atoms. The average molecular weight is 191 g/mol. The molecular formula is C9H9N3O2. The molecule has 2 heterocycles. The molecule has 0 aromatic heterocycles. The van der Waals surface area contributed by atoms with Crippen molar-refractivity contribution in [3.8, 4) is 0 Å². The van der Waals surface area contributed by atoms with Crippen molar-refractivity contribution >= 4 is 17.8 Å². The highest BCUT2D eigenvalue weighted by Gasteiger charge is 2.34. The number of carbonyl (C=O) groups is 1. The van der Waals surface area contributed by atoms with Crippen molar-refractivity contribution in [1.82, 2.24) is 5.48 Å². The van der Waals surface area contributed by atoms with Crippen LogP contribution in [0.1, 0.15) is 19.3 Å². The Morgan fingerprint density at radius 2 is 2.50 bits per heavy atom. The molecule has 14 heavy (non-hydrogen) atoms. The van der Waals surface area contributed by atoms with Crippen molar-refractivity contribution in [3.63, 3.8) is 0 Å². The van der Waals surface area contributed by atoms with Crippen LogP contribution in [0.15, 0.2) is 21.5 Å². The molecule has 5 nitrogen and oxygen atoms in total. The zero-order chi connectivity index (χ0) is 9.54. The largest absolute Gasteiger partial charge is 0.383 e. The molecule has 1 aliphatic carbocycles. The van der Waals surface area contributed by atoms with E-state index in [0.717, 1.165) is 29.9 Å². The van der Waals surface area contributed by atoms with E-state index in [0.29, 0.717) is 6.42 Å². The summed E-state index contributed by atoms with van der Waals surface area (Å²) in [5.74, 6) is 0.993. The van der Waals surface area contributed by atoms with Crippen LogP contribution in [0.3, 0.4) is 0 Å². The third-order valence-corrected chi connectivity index (χ3v) is 2.75. The van der Waals surface area contributed by atoms with Crippen LogP contribution < -0.4 is 5.48 Å². The molecule has 2 aliphatic heterocycles. The molecule has 1 amide bonds. The number of fused-ring (bicyclic) bond motifs is 2. The van der Waals surface area contributed by atoms with E-state index < -0.39 is 0 Å². The Kier molecular flexibility index (Phi) is 1.47. The minimum Gasteiger partial charge on any atom is -0.383 e. The summed E-state index contributed by atoms with van der Waals surface area (Å²) in [4.78, 5) is 16.3. The summed E-state index contributed by atoms with van der Waals surface area (Å²) in [5, 5.41) is 7.85. The van der Waals surface area contributed by atoms with Crippen LogP contribution in [0.2, 0.25) is 0 Å². The first-order valence-electron chi connectivity index (χ1n) is 4.65. The van der Waals surface area contributed by atoms with E-state index in [4.69, 9.17) is 4.84 Å². The molecule has 1 saturated heterocycles. The van der Waals surface area contributed by atoms with Gasteiger partial charge in [0, 0.05) is 12.3 Å². The summed E-state index contributed by atoms with van der Waals surface area (Å²) in [5.41, 5.74) is 4.32. The fraction of sp³-hybridized carbons (Fsp3) is 0.444. The number of carbonyl (C=O) groups excluding carboxylic acids is 1. The molecule has 0 aromatic carbocycles. The Hall–Kier alpha value is -1.65. The molecule has 3 aliphatic rings. The Bertz CT molecular complexity index is 395. The van der Waals surface area contributed by atoms with Crippen molar-refractivity contribution in [2.24, 2.45) is 16.1 Å². The molecule has 0 aromatic rings. The van der Waals surface area contributed by atoms with Crippen molar-refractivity contribution < 1.29 is 9.63 Å². The van der Waals surface area contributed by atoms with Gasteiger partial charge in [0.15, 0.2) is 0 Å². The van der Waals surface area contributed by atoms with Gasteiger partial charge in [-0.3, -0.25) is 4.79 Å². The van der Waals surface area contributed by atoms with Crippen LogP contribution in [0.5, 0.6) is 0 Å². The summed E-state index contributed by atoms with van der Waals surface area (Å²) in [6.45, 7) is 0. The van der Waals surface area contributed by atoms with Crippen molar-refractivity contribution in [2.45, 2.75) is 19.3 Å². The molecule has 3 rings (SSSR count). The Morgan fingerprint density at radius 1 is 1.57 bits per heavy atom. The second-order valence-electron chi connectivity index (χ2n) is 3.64. The summed E-state index contributed by atoms with van der Waals surface area (Å²) in [7, 11) is 0. The summed E-state index contributed by atoms with van der Waals surface area (Å²) in [6.07, 6.45) is 4.03. The number of allylic oxidation sites excluding steroid dienone is 2. The maximum Gasteiger partial charge on any atom is 0.253 e. The zero-order valence-corrected chi connectivity index (χ0v) is 7.49. The second kappa shape index (κ2) is 2.67. The van der Waals surface area contributed by atoms with Crippen LogP contribution in [0.4, 0.5) is 0 Å². The van der Waals surface area contributed by atoms with E-state index in [-0.39, 0.29) is 11.8 Å². The van der Waals surface area contributed by atoms with Gasteiger partial charge in [-0.15, -0.1) is 0 Å². The molecule has 72 valence electrons. The predicted octanol–water partition coefficient (Wildman–Crippen LogP) is 0.542. The van der Waals surface area contributed by atoms with Gasteiger partial charge in [0.2, 0.25) is 0 Å². The van der Waals surface area contributed by atoms with Gasteiger partial charge in [0.1, 0.15) is 5.76 Å². The summed E-state index contributed by atoms with van der Waals surface area (Å²) < 4.78 is 0. The van der Waals surface area contributed by atoms with Crippen LogP contribution in [-0.2, 0) is 9.63 Å². The number of nitrogens with zero attached hydrogens (tertiary/aromatic N) is 2. The van der Waals surface area contributed by atoms with Crippen LogP contribution in [0.25, 0.3) is 0 Å². The SMILES string of the molecule is O=C1CC2CCC3=NN=CC3=C2ON1. The number of hydroxylamine groups is 1. The number of amides is 1. The number of rotatable bonds is 0. The van der Waals surface area contributed by atoms with E-state index in [9.17, 15) is 4.79 Å². The molecular weight excluding hydrogens is 182 g/mol. The normalized spacial score (nSPS) is 29.0. The topological polar surface area (TPSA) is 63.0 Å². The third kappa shape index (κ3) is 0.982. The van der Waals surface area contributed by atoms with Gasteiger partial charge < -0.3 is 4.84 Å². The van der Waals surface area contributed by atoms with Gasteiger partial charge >= 0.3 is 0 Å². The van der Waals surface area contributed by atoms with Gasteiger partial charge in [-0.25, -0.2) is 0 Å². The molecule has 0 spiro atoms. The number of hydrogen-bond donors (Lipinski definition) is 1. The van der Waals surface area contributed by atoms with Crippen molar-refractivity contribution in [1.29, 1.82) is 0 Å². The molecule has 0 saturated carbocycles. The van der Waals surface area contributed by atoms with Crippen LogP contribution in [-0.4, -0.2) is 17.8 Å². The fourth-order valence-corrected chi connectivity index (χ4v) is 2.05. The smallest absolute Gasteiger partial charge is 0.253 e. The quantitative estimate of drug-likeness (QED) is 0.607. The van der Waals surface area contributed by atoms with E-state index in [1.165, 1.54) is 0 Å². The van der Waals surface area contributed by atoms with Crippen molar-refractivity contribution in [2.75, 3.05) is 0 Å². The molecule has 1 unspecified atom stereocenters. The van der Waals surface area contributed by atoms with E-state index in [1.54, 1.807) is 6.21 Å². The van der Waals surface area contributed by atoms with Gasteiger partial charge in [-0.05, 0) is 12.8 Å². The lowest BCUT2D eigenvalue weighted by Gasteiger charge is -2.29. The minimum atomic E-state index is -0.0466. The first kappa shape index (κ1) is 7.73. The van der Waals surface area contributed by atoms with Crippen LogP contribution >= 0.6 is 0 Å². The monoisotopic (exact) mass is 191 g/mol. The highest BCUT2D eigenvalue weighted by atomic mass is 16.7. The van der Waals surface area contributed by atoms with Crippen LogP contribution in [0, 0.1) is 5.92 Å². The lowest BCUT2D eigenvalue weighted by molar-refractivity contribution is -0.137. The number of nitrogens with one attached hydrogen (secondary N) is 1. The highest BCUT2D eigenvalue weighted by Crippen LogP contribution is 2.34. The third-order valence-electron chi connectivity index (χ3n) is 2.75. The fourth-order valence-electron chi connectivity index (χ4n) is 2.05. The summed E-state index contributed by atoms with van der Waals surface area (Å²) in [6, 6.07) is 0. The summed E-state index contributed by atoms with van der Waals surface area (Å²) >= 11 is 0. The lowest BCUT2D eigenvalue weighted by atomic mass is 9.85. The number of hydrogen-bond acceptors (Lipinski definition) is 4. The zero-order valence-electron chi connectivity index (χ0n) is 7.49. The maximum atomic E-state index is 11.1. The first-order valence-corrected chi connectivity index (χ1v) is 4.65. The standard InChI is InChI=1S/C9H9N3O2/c13-8-3-5-1-2-7-6(4-10-11-7)9(5)14-12-8/h4-5H,1-3H2,(H,12,13). The maximum absolute atomic E-state index is 11.1. The predicted molar refractivity (Wildman–Crippen MR) is 49.5 cm³/mol. The second-order valence-corrected chi connectivity index (χ2v) is 3.64. The Labute approximate surface area is 80.5 Å². The average Bonchev–Trinajstić information content (AvgIpc) is 2.65. The lowest BCUT2D eigenvalue weighted by Crippen LogP contribution is -2.37.